The van der Waals surface area contributed by atoms with Crippen molar-refractivity contribution in [1.29, 1.82) is 0 Å². The van der Waals surface area contributed by atoms with Crippen molar-refractivity contribution >= 4 is 17.0 Å². The van der Waals surface area contributed by atoms with Gasteiger partial charge in [-0.15, -0.1) is 11.3 Å². The van der Waals surface area contributed by atoms with Crippen LogP contribution in [-0.4, -0.2) is 31.3 Å². The summed E-state index contributed by atoms with van der Waals surface area (Å²) < 4.78 is 5.39. The van der Waals surface area contributed by atoms with E-state index in [1.54, 1.807) is 11.3 Å². The van der Waals surface area contributed by atoms with Crippen LogP contribution in [-0.2, 0) is 4.74 Å². The number of thiophene rings is 1. The van der Waals surface area contributed by atoms with E-state index >= 15 is 0 Å². The van der Waals surface area contributed by atoms with Crippen LogP contribution in [0.1, 0.15) is 0 Å². The minimum Gasteiger partial charge on any atom is -0.378 e. The summed E-state index contributed by atoms with van der Waals surface area (Å²) in [5, 5.41) is 2.09. The predicted octanol–water partition coefficient (Wildman–Crippen LogP) is 2.65. The van der Waals surface area contributed by atoms with Crippen molar-refractivity contribution in [2.24, 2.45) is 0 Å². The molecule has 1 saturated heterocycles. The Morgan fingerprint density at radius 2 is 2.06 bits per heavy atom. The SMILES string of the molecule is c1csc(-c2ncccc2N2CCOCC2)c1. The van der Waals surface area contributed by atoms with E-state index in [4.69, 9.17) is 4.74 Å². The molecule has 3 nitrogen and oxygen atoms in total. The van der Waals surface area contributed by atoms with Crippen molar-refractivity contribution in [2.45, 2.75) is 0 Å². The first-order valence-corrected chi connectivity index (χ1v) is 6.65. The summed E-state index contributed by atoms with van der Waals surface area (Å²) in [6.07, 6.45) is 1.86. The molecule has 2 aromatic heterocycles. The van der Waals surface area contributed by atoms with Crippen molar-refractivity contribution in [3.8, 4) is 10.6 Å². The van der Waals surface area contributed by atoms with E-state index in [0.29, 0.717) is 0 Å². The van der Waals surface area contributed by atoms with Gasteiger partial charge in [0.25, 0.3) is 0 Å². The number of hydrogen-bond donors (Lipinski definition) is 0. The minimum absolute atomic E-state index is 0.804. The van der Waals surface area contributed by atoms with Gasteiger partial charge in [0.05, 0.1) is 23.8 Å². The van der Waals surface area contributed by atoms with Crippen LogP contribution < -0.4 is 4.90 Å². The van der Waals surface area contributed by atoms with Crippen LogP contribution in [0.5, 0.6) is 0 Å². The molecule has 1 aliphatic heterocycles. The van der Waals surface area contributed by atoms with Crippen molar-refractivity contribution in [1.82, 2.24) is 4.98 Å². The maximum absolute atomic E-state index is 5.39. The highest BCUT2D eigenvalue weighted by atomic mass is 32.1. The van der Waals surface area contributed by atoms with Gasteiger partial charge < -0.3 is 9.64 Å². The molecular formula is C13H14N2OS. The van der Waals surface area contributed by atoms with Crippen LogP contribution in [0.3, 0.4) is 0 Å². The van der Waals surface area contributed by atoms with Crippen LogP contribution in [0.25, 0.3) is 10.6 Å². The second-order valence-electron chi connectivity index (χ2n) is 3.95. The summed E-state index contributed by atoms with van der Waals surface area (Å²) in [6.45, 7) is 3.51. The third-order valence-electron chi connectivity index (χ3n) is 2.89. The lowest BCUT2D eigenvalue weighted by molar-refractivity contribution is 0.122. The zero-order valence-corrected chi connectivity index (χ0v) is 10.3. The van der Waals surface area contributed by atoms with Gasteiger partial charge in [0.15, 0.2) is 0 Å². The Morgan fingerprint density at radius 3 is 2.82 bits per heavy atom. The van der Waals surface area contributed by atoms with Gasteiger partial charge in [-0.2, -0.15) is 0 Å². The van der Waals surface area contributed by atoms with E-state index < -0.39 is 0 Å². The number of aromatic nitrogens is 1. The summed E-state index contributed by atoms with van der Waals surface area (Å²) in [7, 11) is 0. The molecular weight excluding hydrogens is 232 g/mol. The topological polar surface area (TPSA) is 25.4 Å². The molecule has 0 bridgehead atoms. The van der Waals surface area contributed by atoms with Gasteiger partial charge >= 0.3 is 0 Å². The monoisotopic (exact) mass is 246 g/mol. The van der Waals surface area contributed by atoms with Gasteiger partial charge in [0.2, 0.25) is 0 Å². The molecule has 1 fully saturated rings. The lowest BCUT2D eigenvalue weighted by atomic mass is 10.2. The van der Waals surface area contributed by atoms with E-state index in [1.807, 2.05) is 12.3 Å². The molecule has 3 rings (SSSR count). The number of anilines is 1. The second kappa shape index (κ2) is 4.85. The maximum Gasteiger partial charge on any atom is 0.103 e. The number of morpholine rings is 1. The lowest BCUT2D eigenvalue weighted by Crippen LogP contribution is -2.36. The number of rotatable bonds is 2. The first-order chi connectivity index (χ1) is 8.45. The summed E-state index contributed by atoms with van der Waals surface area (Å²) in [4.78, 5) is 8.11. The number of ether oxygens (including phenoxy) is 1. The largest absolute Gasteiger partial charge is 0.378 e. The molecule has 4 heteroatoms. The molecule has 0 radical (unpaired) electrons. The fourth-order valence-electron chi connectivity index (χ4n) is 2.06. The molecule has 0 N–H and O–H groups in total. The molecule has 3 heterocycles. The van der Waals surface area contributed by atoms with E-state index in [2.05, 4.69) is 33.5 Å². The molecule has 0 saturated carbocycles. The normalized spacial score (nSPS) is 16.1. The number of nitrogens with zero attached hydrogens (tertiary/aromatic N) is 2. The van der Waals surface area contributed by atoms with Crippen LogP contribution >= 0.6 is 11.3 Å². The van der Waals surface area contributed by atoms with Crippen molar-refractivity contribution in [3.05, 3.63) is 35.8 Å². The van der Waals surface area contributed by atoms with E-state index in [0.717, 1.165) is 32.0 Å². The highest BCUT2D eigenvalue weighted by Gasteiger charge is 2.16. The number of hydrogen-bond acceptors (Lipinski definition) is 4. The van der Waals surface area contributed by atoms with Crippen molar-refractivity contribution < 1.29 is 4.74 Å². The molecule has 0 aromatic carbocycles. The first kappa shape index (κ1) is 10.7. The molecule has 0 atom stereocenters. The van der Waals surface area contributed by atoms with Gasteiger partial charge in [0.1, 0.15) is 5.69 Å². The molecule has 88 valence electrons. The summed E-state index contributed by atoms with van der Waals surface area (Å²) in [6, 6.07) is 8.34. The zero-order valence-electron chi connectivity index (χ0n) is 9.50. The van der Waals surface area contributed by atoms with Gasteiger partial charge in [-0.3, -0.25) is 4.98 Å². The highest BCUT2D eigenvalue weighted by molar-refractivity contribution is 7.13. The first-order valence-electron chi connectivity index (χ1n) is 5.77. The number of pyridine rings is 1. The van der Waals surface area contributed by atoms with E-state index in [9.17, 15) is 0 Å². The Balaban J connectivity index is 1.98. The minimum atomic E-state index is 0.804. The van der Waals surface area contributed by atoms with Crippen LogP contribution in [0.2, 0.25) is 0 Å². The van der Waals surface area contributed by atoms with E-state index in [-0.39, 0.29) is 0 Å². The molecule has 0 amide bonds. The fraction of sp³-hybridized carbons (Fsp3) is 0.308. The van der Waals surface area contributed by atoms with Crippen LogP contribution in [0.15, 0.2) is 35.8 Å². The van der Waals surface area contributed by atoms with Gasteiger partial charge in [-0.05, 0) is 23.6 Å². The third-order valence-corrected chi connectivity index (χ3v) is 3.77. The molecule has 2 aromatic rings. The Labute approximate surface area is 105 Å². The zero-order chi connectivity index (χ0) is 11.5. The van der Waals surface area contributed by atoms with Gasteiger partial charge in [-0.1, -0.05) is 6.07 Å². The molecule has 0 spiro atoms. The smallest absolute Gasteiger partial charge is 0.103 e. The standard InChI is InChI=1S/C13H14N2OS/c1-3-11(15-6-8-16-9-7-15)13(14-5-1)12-4-2-10-17-12/h1-5,10H,6-9H2. The van der Waals surface area contributed by atoms with Gasteiger partial charge in [-0.25, -0.2) is 0 Å². The predicted molar refractivity (Wildman–Crippen MR) is 70.6 cm³/mol. The average Bonchev–Trinajstić information content (AvgIpc) is 2.94. The maximum atomic E-state index is 5.39. The van der Waals surface area contributed by atoms with Crippen LogP contribution in [0, 0.1) is 0 Å². The molecule has 17 heavy (non-hydrogen) atoms. The summed E-state index contributed by atoms with van der Waals surface area (Å²) in [5.74, 6) is 0. The summed E-state index contributed by atoms with van der Waals surface area (Å²) in [5.41, 5.74) is 2.31. The quantitative estimate of drug-likeness (QED) is 0.814. The Morgan fingerprint density at radius 1 is 1.18 bits per heavy atom. The van der Waals surface area contributed by atoms with Crippen LogP contribution in [0.4, 0.5) is 5.69 Å². The highest BCUT2D eigenvalue weighted by Crippen LogP contribution is 2.31. The Hall–Kier alpha value is -1.39. The van der Waals surface area contributed by atoms with E-state index in [1.165, 1.54) is 10.6 Å². The lowest BCUT2D eigenvalue weighted by Gasteiger charge is -2.29. The van der Waals surface area contributed by atoms with Gasteiger partial charge in [0, 0.05) is 19.3 Å². The molecule has 0 unspecified atom stereocenters. The molecule has 1 aliphatic rings. The van der Waals surface area contributed by atoms with Crippen molar-refractivity contribution in [3.63, 3.8) is 0 Å². The Kier molecular flexibility index (Phi) is 3.07. The molecule has 0 aliphatic carbocycles. The Bertz CT molecular complexity index is 478. The van der Waals surface area contributed by atoms with Crippen molar-refractivity contribution in [2.75, 3.05) is 31.2 Å². The average molecular weight is 246 g/mol. The summed E-state index contributed by atoms with van der Waals surface area (Å²) >= 11 is 1.73. The third kappa shape index (κ3) is 2.18. The fourth-order valence-corrected chi connectivity index (χ4v) is 2.79. The second-order valence-corrected chi connectivity index (χ2v) is 4.90.